The fourth-order valence-electron chi connectivity index (χ4n) is 16.1. The van der Waals surface area contributed by atoms with E-state index >= 15 is 0 Å². The average molecular weight is 1910 g/mol. The van der Waals surface area contributed by atoms with E-state index in [0.717, 1.165) is 93.0 Å². The quantitative estimate of drug-likeness (QED) is 0.0314. The lowest BCUT2D eigenvalue weighted by Gasteiger charge is -2.34. The standard InChI is InChI=1S/C28H30N8.2C23H25FN10O.C22H22N8O3S/c1-2-4-21(5-3-1)14-23-17-30-27(31-18-23)35-10-12-36(13-11-35)28-33-20-32-26(34-28)16-22-6-7-24-8-9-29-19-25(24)15-22;2*1-23(35,16-3-5-18(24)6-4-16)17-11-25-21(26-12-17)33-7-9-34(10-8-33)22-28-15-27-20(31-22)30-19-13-29-32(2)14-19;1-34(32,33)19-8-6-17(7-9-19)26-20-24-15-25-21(28-20)29-10-12-30(13-11-29)22(31)27-18-4-2-16(14-23)3-5-18/h1-7,15,17-18,20,29H,8-14,16,19H2;2*3-6,11-15,35H,7-10H2,1-2H3,(H,27,28,30,31);2-9,15H,10-13H2,1H3,(H,27,31)(H,24,25,26,28)/t;2*23-;/m.10./s1. The molecule has 20 rings (SSSR count). The summed E-state index contributed by atoms with van der Waals surface area (Å²) < 4.78 is 53.1. The minimum Gasteiger partial charge on any atom is -0.381 e. The zero-order valence-corrected chi connectivity index (χ0v) is 78.3. The molecule has 5 aliphatic rings. The van der Waals surface area contributed by atoms with Gasteiger partial charge in [-0.3, -0.25) is 9.36 Å². The van der Waals surface area contributed by atoms with Crippen molar-refractivity contribution in [2.45, 2.75) is 55.8 Å². The maximum Gasteiger partial charge on any atom is 0.321 e. The molecule has 0 radical (unpaired) electrons. The molecule has 44 heteroatoms. The van der Waals surface area contributed by atoms with Crippen LogP contribution in [0.3, 0.4) is 0 Å². The average Bonchev–Trinajstić information content (AvgIpc) is 0.843. The van der Waals surface area contributed by atoms with E-state index in [4.69, 9.17) is 10.2 Å². The summed E-state index contributed by atoms with van der Waals surface area (Å²) in [6.45, 7) is 16.2. The number of piperazine rings is 4. The van der Waals surface area contributed by atoms with E-state index in [1.165, 1.54) is 77.6 Å². The fourth-order valence-corrected chi connectivity index (χ4v) is 16.7. The molecule has 9 aromatic heterocycles. The summed E-state index contributed by atoms with van der Waals surface area (Å²) in [6, 6.07) is 43.5. The molecule has 0 bridgehead atoms. The summed E-state index contributed by atoms with van der Waals surface area (Å²) >= 11 is 0. The Morgan fingerprint density at radius 1 is 0.421 bits per heavy atom. The highest BCUT2D eigenvalue weighted by Gasteiger charge is 2.32. The SMILES string of the molecule is CS(=O)(=O)c1ccc(Nc2ncnc(N3CCN(C(=O)Nc4ccc(C#N)cc4)CC3)n2)cc1.Cn1cc(Nc2ncnc(N3CCN(c4ncc([C@@](C)(O)c5ccc(F)cc5)cn4)CC3)n2)cn1.Cn1cc(Nc2ncnc(N3CCN(c4ncc([C@](C)(O)c5ccc(F)cc5)cn4)CC3)n2)cn1.c1ccc(Cc2cnc(N3CCN(c4ncnc(Cc5ccc6c(c5)CNCC6)n4)CC3)nc2)cc1. The topological polar surface area (TPSA) is 469 Å². The van der Waals surface area contributed by atoms with E-state index in [2.05, 4.69) is 193 Å². The first kappa shape index (κ1) is 95.2. The summed E-state index contributed by atoms with van der Waals surface area (Å²) in [4.78, 5) is 109. The predicted octanol–water partition coefficient (Wildman–Crippen LogP) is 8.78. The molecule has 7 N–H and O–H groups in total. The van der Waals surface area contributed by atoms with Crippen LogP contribution >= 0.6 is 0 Å². The molecule has 2 atom stereocenters. The number of nitrogens with zero attached hydrogens (tertiary/aromatic N) is 31. The molecule has 6 aromatic carbocycles. The second-order valence-corrected chi connectivity index (χ2v) is 36.0. The molecule has 2 amide bonds. The zero-order valence-electron chi connectivity index (χ0n) is 77.4. The molecular formula is C96H102F2N36O5S. The number of amides is 2. The highest BCUT2D eigenvalue weighted by molar-refractivity contribution is 7.90. The van der Waals surface area contributed by atoms with Gasteiger partial charge < -0.3 is 76.0 Å². The van der Waals surface area contributed by atoms with Gasteiger partial charge in [-0.1, -0.05) is 72.8 Å². The third-order valence-electron chi connectivity index (χ3n) is 24.1. The van der Waals surface area contributed by atoms with Gasteiger partial charge in [0.25, 0.3) is 0 Å². The predicted molar refractivity (Wildman–Crippen MR) is 523 cm³/mol. The molecule has 14 heterocycles. The molecule has 0 unspecified atom stereocenters. The van der Waals surface area contributed by atoms with Crippen LogP contribution in [-0.4, -0.2) is 256 Å². The van der Waals surface area contributed by atoms with E-state index in [1.807, 2.05) is 55.9 Å². The van der Waals surface area contributed by atoms with Crippen molar-refractivity contribution in [1.82, 2.24) is 119 Å². The first-order valence-corrected chi connectivity index (χ1v) is 47.2. The van der Waals surface area contributed by atoms with Crippen molar-refractivity contribution in [2.75, 3.05) is 173 Å². The second kappa shape index (κ2) is 43.6. The summed E-state index contributed by atoms with van der Waals surface area (Å²) in [5, 5.41) is 54.7. The minimum atomic E-state index is -3.26. The molecule has 5 aliphatic heterocycles. The Balaban J connectivity index is 0.000000129. The number of aromatic nitrogens is 22. The molecule has 0 aliphatic carbocycles. The summed E-state index contributed by atoms with van der Waals surface area (Å²) in [5.74, 6) is 5.71. The van der Waals surface area contributed by atoms with Gasteiger partial charge in [-0.15, -0.1) is 0 Å². The van der Waals surface area contributed by atoms with Gasteiger partial charge in [-0.25, -0.2) is 91.8 Å². The zero-order chi connectivity index (χ0) is 97.1. The summed E-state index contributed by atoms with van der Waals surface area (Å²) in [7, 11) is 0.419. The van der Waals surface area contributed by atoms with Crippen LogP contribution in [0, 0.1) is 23.0 Å². The van der Waals surface area contributed by atoms with Crippen molar-refractivity contribution in [3.05, 3.63) is 306 Å². The lowest BCUT2D eigenvalue weighted by Crippen LogP contribution is -2.50. The largest absolute Gasteiger partial charge is 0.381 e. The third kappa shape index (κ3) is 24.6. The number of hydrogen-bond donors (Lipinski definition) is 7. The highest BCUT2D eigenvalue weighted by atomic mass is 32.2. The molecule has 140 heavy (non-hydrogen) atoms. The number of nitriles is 1. The van der Waals surface area contributed by atoms with E-state index < -0.39 is 21.0 Å². The van der Waals surface area contributed by atoms with Crippen molar-refractivity contribution in [2.24, 2.45) is 14.1 Å². The van der Waals surface area contributed by atoms with Crippen LogP contribution in [0.1, 0.15) is 75.3 Å². The number of rotatable bonds is 23. The minimum absolute atomic E-state index is 0.208. The Hall–Kier alpha value is -16.5. The van der Waals surface area contributed by atoms with Gasteiger partial charge in [0, 0.05) is 217 Å². The van der Waals surface area contributed by atoms with Gasteiger partial charge in [0.1, 0.15) is 54.0 Å². The summed E-state index contributed by atoms with van der Waals surface area (Å²) in [5.41, 5.74) is 9.42. The smallest absolute Gasteiger partial charge is 0.321 e. The number of aryl methyl sites for hydroxylation is 2. The molecular weight excluding hydrogens is 1810 g/mol. The number of hydrogen-bond acceptors (Lipinski definition) is 37. The molecule has 0 spiro atoms. The third-order valence-corrected chi connectivity index (χ3v) is 25.2. The van der Waals surface area contributed by atoms with Gasteiger partial charge >= 0.3 is 6.03 Å². The normalized spacial score (nSPS) is 15.2. The Kier molecular flexibility index (Phi) is 29.7. The number of benzene rings is 6. The number of fused-ring (bicyclic) bond motifs is 1. The van der Waals surface area contributed by atoms with Gasteiger partial charge in [-0.05, 0) is 139 Å². The van der Waals surface area contributed by atoms with Gasteiger partial charge in [0.15, 0.2) is 9.84 Å². The lowest BCUT2D eigenvalue weighted by atomic mass is 9.90. The van der Waals surface area contributed by atoms with Gasteiger partial charge in [-0.2, -0.15) is 35.4 Å². The Bertz CT molecular complexity index is 6630. The number of nitrogens with one attached hydrogen (secondary N) is 5. The van der Waals surface area contributed by atoms with Crippen molar-refractivity contribution in [3.63, 3.8) is 0 Å². The van der Waals surface area contributed by atoms with Crippen molar-refractivity contribution >= 4 is 98.1 Å². The van der Waals surface area contributed by atoms with Crippen LogP contribution in [0.4, 0.5) is 95.8 Å². The maximum absolute atomic E-state index is 13.2. The monoisotopic (exact) mass is 1910 g/mol. The number of carbonyl (C=O) groups is 1. The number of sulfone groups is 1. The van der Waals surface area contributed by atoms with Gasteiger partial charge in [0.05, 0.1) is 40.3 Å². The lowest BCUT2D eigenvalue weighted by molar-refractivity contribution is 0.101. The first-order chi connectivity index (χ1) is 67.9. The number of halogens is 2. The molecule has 4 fully saturated rings. The van der Waals surface area contributed by atoms with E-state index in [0.29, 0.717) is 172 Å². The van der Waals surface area contributed by atoms with E-state index in [9.17, 15) is 32.2 Å². The van der Waals surface area contributed by atoms with E-state index in [-0.39, 0.29) is 22.6 Å². The highest BCUT2D eigenvalue weighted by Crippen LogP contribution is 2.33. The fraction of sp³-hybridized carbons (Fsp3) is 0.292. The molecule has 4 saturated heterocycles. The van der Waals surface area contributed by atoms with Crippen molar-refractivity contribution < 1.29 is 32.2 Å². The Morgan fingerprint density at radius 3 is 1.26 bits per heavy atom. The molecule has 41 nitrogen and oxygen atoms in total. The van der Waals surface area contributed by atoms with Crippen LogP contribution in [0.25, 0.3) is 0 Å². The number of urea groups is 1. The number of anilines is 14. The molecule has 716 valence electrons. The van der Waals surface area contributed by atoms with Crippen LogP contribution in [0.15, 0.2) is 238 Å². The number of carbonyl (C=O) groups excluding carboxylic acids is 1. The maximum atomic E-state index is 13.2. The number of aliphatic hydroxyl groups is 2. The van der Waals surface area contributed by atoms with Gasteiger partial charge in [0.2, 0.25) is 59.5 Å². The van der Waals surface area contributed by atoms with Crippen LogP contribution < -0.4 is 60.9 Å². The molecule has 15 aromatic rings. The van der Waals surface area contributed by atoms with Crippen molar-refractivity contribution in [3.8, 4) is 6.07 Å². The molecule has 0 saturated carbocycles. The second-order valence-electron chi connectivity index (χ2n) is 34.0. The van der Waals surface area contributed by atoms with Crippen LogP contribution in [0.5, 0.6) is 0 Å². The first-order valence-electron chi connectivity index (χ1n) is 45.3. The summed E-state index contributed by atoms with van der Waals surface area (Å²) in [6.07, 6.45) is 27.2. The van der Waals surface area contributed by atoms with Crippen LogP contribution in [0.2, 0.25) is 0 Å². The Labute approximate surface area is 805 Å². The van der Waals surface area contributed by atoms with Crippen LogP contribution in [-0.2, 0) is 60.9 Å². The van der Waals surface area contributed by atoms with Crippen molar-refractivity contribution in [1.29, 1.82) is 5.26 Å². The van der Waals surface area contributed by atoms with E-state index in [1.54, 1.807) is 132 Å². The Morgan fingerprint density at radius 2 is 0.829 bits per heavy atom.